The van der Waals surface area contributed by atoms with Gasteiger partial charge in [-0.15, -0.1) is 0 Å². The number of amides is 3. The number of rotatable bonds is 4. The molecule has 2 atom stereocenters. The number of nitrogens with two attached hydrogens (primary N) is 1. The van der Waals surface area contributed by atoms with Gasteiger partial charge in [0.15, 0.2) is 12.2 Å². The minimum atomic E-state index is -1.70. The average molecular weight is 449 g/mol. The minimum Gasteiger partial charge on any atom is -0.383 e. The van der Waals surface area contributed by atoms with E-state index in [1.54, 1.807) is 36.4 Å². The van der Waals surface area contributed by atoms with Crippen LogP contribution in [-0.4, -0.2) is 54.0 Å². The second-order valence-electron chi connectivity index (χ2n) is 8.14. The number of carbonyl (C=O) groups is 3. The molecule has 10 nitrogen and oxygen atoms in total. The van der Waals surface area contributed by atoms with Crippen molar-refractivity contribution < 1.29 is 24.2 Å². The molecule has 0 bridgehead atoms. The Morgan fingerprint density at radius 3 is 2.97 bits per heavy atom. The predicted octanol–water partition coefficient (Wildman–Crippen LogP) is 0.522. The number of aliphatic hydroxyl groups is 1. The van der Waals surface area contributed by atoms with Gasteiger partial charge in [-0.1, -0.05) is 6.07 Å². The number of benzene rings is 2. The highest BCUT2D eigenvalue weighted by atomic mass is 16.5. The summed E-state index contributed by atoms with van der Waals surface area (Å²) in [7, 11) is 0. The van der Waals surface area contributed by atoms with E-state index in [-0.39, 0.29) is 19.1 Å². The lowest BCUT2D eigenvalue weighted by molar-refractivity contribution is -0.150. The van der Waals surface area contributed by atoms with E-state index >= 15 is 0 Å². The Morgan fingerprint density at radius 2 is 2.12 bits per heavy atom. The molecule has 3 aliphatic rings. The summed E-state index contributed by atoms with van der Waals surface area (Å²) in [5.74, 6) is -0.876. The molecule has 3 heterocycles. The third-order valence-electron chi connectivity index (χ3n) is 6.06. The number of nitrogens with one attached hydrogen (secondary N) is 2. The molecule has 0 saturated carbocycles. The van der Waals surface area contributed by atoms with Crippen molar-refractivity contribution in [2.24, 2.45) is 10.7 Å². The van der Waals surface area contributed by atoms with Crippen LogP contribution in [0.5, 0.6) is 0 Å². The Bertz CT molecular complexity index is 1190. The number of carbonyl (C=O) groups excluding carboxylic acids is 3. The first-order chi connectivity index (χ1) is 15.9. The summed E-state index contributed by atoms with van der Waals surface area (Å²) in [6, 6.07) is 10.5. The highest BCUT2D eigenvalue weighted by molar-refractivity contribution is 6.06. The lowest BCUT2D eigenvalue weighted by atomic mass is 9.99. The maximum Gasteiger partial charge on any atom is 0.259 e. The molecular formula is C23H23N5O5. The van der Waals surface area contributed by atoms with Crippen LogP contribution < -0.4 is 21.3 Å². The van der Waals surface area contributed by atoms with Gasteiger partial charge in [-0.25, -0.2) is 0 Å². The highest BCUT2D eigenvalue weighted by Crippen LogP contribution is 2.33. The maximum atomic E-state index is 13.2. The van der Waals surface area contributed by atoms with E-state index in [0.717, 1.165) is 16.7 Å². The van der Waals surface area contributed by atoms with Crippen molar-refractivity contribution in [1.82, 2.24) is 0 Å². The summed E-state index contributed by atoms with van der Waals surface area (Å²) in [6.07, 6.45) is -2.22. The van der Waals surface area contributed by atoms with Crippen LogP contribution in [0.3, 0.4) is 0 Å². The SMILES string of the molecule is NC1=NCc2cc(NC(=O)[C@H](O)C3OCCN(c4cccc5c4CCC(=O)N5)C3=O)ccc21. The quantitative estimate of drug-likeness (QED) is 0.535. The van der Waals surface area contributed by atoms with Gasteiger partial charge in [0, 0.05) is 35.6 Å². The molecule has 170 valence electrons. The molecule has 5 N–H and O–H groups in total. The molecule has 3 amide bonds. The minimum absolute atomic E-state index is 0.0706. The summed E-state index contributed by atoms with van der Waals surface area (Å²) in [5, 5.41) is 16.1. The van der Waals surface area contributed by atoms with Crippen molar-refractivity contribution in [3.8, 4) is 0 Å². The Balaban J connectivity index is 1.32. The number of aliphatic hydroxyl groups excluding tert-OH is 1. The number of aliphatic imine (C=N–C) groups is 1. The van der Waals surface area contributed by atoms with Gasteiger partial charge >= 0.3 is 0 Å². The fourth-order valence-electron chi connectivity index (χ4n) is 4.39. The molecule has 1 unspecified atom stereocenters. The molecule has 2 aromatic rings. The van der Waals surface area contributed by atoms with E-state index in [9.17, 15) is 19.5 Å². The third kappa shape index (κ3) is 3.83. The van der Waals surface area contributed by atoms with E-state index in [4.69, 9.17) is 10.5 Å². The second kappa shape index (κ2) is 8.30. The molecular weight excluding hydrogens is 426 g/mol. The Kier molecular flexibility index (Phi) is 5.31. The van der Waals surface area contributed by atoms with Gasteiger partial charge in [0.1, 0.15) is 5.84 Å². The standard InChI is InChI=1S/C23H23N5O5/c24-21-14-5-4-13(10-12(14)11-25-21)26-22(31)19(30)20-23(32)28(8-9-33-20)17-3-1-2-16-15(17)6-7-18(29)27-16/h1-5,10,19-20,30H,6-9,11H2,(H2,24,25)(H,26,31)(H,27,29)/t19-,20?/m1/s1. The molecule has 2 aromatic carbocycles. The number of hydrogen-bond acceptors (Lipinski definition) is 7. The first kappa shape index (κ1) is 21.1. The lowest BCUT2D eigenvalue weighted by Crippen LogP contribution is -2.55. The summed E-state index contributed by atoms with van der Waals surface area (Å²) in [5.41, 5.74) is 10.1. The molecule has 1 fully saturated rings. The van der Waals surface area contributed by atoms with Crippen molar-refractivity contribution in [3.63, 3.8) is 0 Å². The Labute approximate surface area is 189 Å². The fourth-order valence-corrected chi connectivity index (χ4v) is 4.39. The third-order valence-corrected chi connectivity index (χ3v) is 6.06. The zero-order valence-electron chi connectivity index (χ0n) is 17.7. The fraction of sp³-hybridized carbons (Fsp3) is 0.304. The Hall–Kier alpha value is -3.76. The molecule has 0 radical (unpaired) electrons. The van der Waals surface area contributed by atoms with E-state index < -0.39 is 24.0 Å². The van der Waals surface area contributed by atoms with Gasteiger partial charge in [-0.2, -0.15) is 0 Å². The number of amidine groups is 1. The van der Waals surface area contributed by atoms with Crippen LogP contribution in [0.15, 0.2) is 41.4 Å². The van der Waals surface area contributed by atoms with Gasteiger partial charge in [0.25, 0.3) is 11.8 Å². The summed E-state index contributed by atoms with van der Waals surface area (Å²) in [4.78, 5) is 43.3. The van der Waals surface area contributed by atoms with Gasteiger partial charge < -0.3 is 31.1 Å². The number of morpholine rings is 1. The van der Waals surface area contributed by atoms with Crippen LogP contribution in [0.2, 0.25) is 0 Å². The van der Waals surface area contributed by atoms with Gasteiger partial charge in [0.05, 0.1) is 13.2 Å². The first-order valence-electron chi connectivity index (χ1n) is 10.7. The van der Waals surface area contributed by atoms with E-state index in [0.29, 0.717) is 42.3 Å². The second-order valence-corrected chi connectivity index (χ2v) is 8.14. The van der Waals surface area contributed by atoms with Gasteiger partial charge in [0.2, 0.25) is 5.91 Å². The van der Waals surface area contributed by atoms with Crippen LogP contribution >= 0.6 is 0 Å². The lowest BCUT2D eigenvalue weighted by Gasteiger charge is -2.36. The zero-order valence-corrected chi connectivity index (χ0v) is 17.7. The topological polar surface area (TPSA) is 146 Å². The molecule has 1 saturated heterocycles. The van der Waals surface area contributed by atoms with Crippen LogP contribution in [-0.2, 0) is 32.1 Å². The number of anilines is 3. The van der Waals surface area contributed by atoms with Crippen LogP contribution in [0.25, 0.3) is 0 Å². The summed E-state index contributed by atoms with van der Waals surface area (Å²) in [6.45, 7) is 0.862. The normalized spacial score (nSPS) is 20.5. The van der Waals surface area contributed by atoms with Gasteiger partial charge in [-0.05, 0) is 47.9 Å². The number of nitrogens with zero attached hydrogens (tertiary/aromatic N) is 2. The molecule has 10 heteroatoms. The van der Waals surface area contributed by atoms with Crippen LogP contribution in [0.4, 0.5) is 17.1 Å². The van der Waals surface area contributed by atoms with Crippen LogP contribution in [0.1, 0.15) is 23.1 Å². The largest absolute Gasteiger partial charge is 0.383 e. The molecule has 3 aliphatic heterocycles. The highest BCUT2D eigenvalue weighted by Gasteiger charge is 2.40. The molecule has 5 rings (SSSR count). The Morgan fingerprint density at radius 1 is 1.27 bits per heavy atom. The van der Waals surface area contributed by atoms with Gasteiger partial charge in [-0.3, -0.25) is 19.4 Å². The first-order valence-corrected chi connectivity index (χ1v) is 10.7. The van der Waals surface area contributed by atoms with E-state index in [2.05, 4.69) is 15.6 Å². The van der Waals surface area contributed by atoms with Crippen molar-refractivity contribution >= 4 is 40.6 Å². The maximum absolute atomic E-state index is 13.2. The molecule has 0 spiro atoms. The van der Waals surface area contributed by atoms with Crippen molar-refractivity contribution in [2.75, 3.05) is 28.7 Å². The zero-order chi connectivity index (χ0) is 23.1. The molecule has 33 heavy (non-hydrogen) atoms. The molecule has 0 aromatic heterocycles. The van der Waals surface area contributed by atoms with E-state index in [1.807, 2.05) is 0 Å². The van der Waals surface area contributed by atoms with E-state index in [1.165, 1.54) is 4.90 Å². The van der Waals surface area contributed by atoms with Crippen molar-refractivity contribution in [2.45, 2.75) is 31.6 Å². The number of hydrogen-bond donors (Lipinski definition) is 4. The number of ether oxygens (including phenoxy) is 1. The summed E-state index contributed by atoms with van der Waals surface area (Å²) < 4.78 is 5.51. The van der Waals surface area contributed by atoms with Crippen molar-refractivity contribution in [3.05, 3.63) is 53.1 Å². The molecule has 0 aliphatic carbocycles. The monoisotopic (exact) mass is 449 g/mol. The average Bonchev–Trinajstić information content (AvgIpc) is 3.18. The number of fused-ring (bicyclic) bond motifs is 2. The predicted molar refractivity (Wildman–Crippen MR) is 121 cm³/mol. The summed E-state index contributed by atoms with van der Waals surface area (Å²) >= 11 is 0. The van der Waals surface area contributed by atoms with Crippen molar-refractivity contribution in [1.29, 1.82) is 0 Å². The smallest absolute Gasteiger partial charge is 0.259 e. The van der Waals surface area contributed by atoms with Crippen LogP contribution in [0, 0.1) is 0 Å².